The van der Waals surface area contributed by atoms with Crippen LogP contribution in [0.3, 0.4) is 0 Å². The van der Waals surface area contributed by atoms with Gasteiger partial charge in [0, 0.05) is 20.6 Å². The first-order valence-electron chi connectivity index (χ1n) is 6.53. The number of rotatable bonds is 5. The highest BCUT2D eigenvalue weighted by atomic mass is 79.9. The highest BCUT2D eigenvalue weighted by Crippen LogP contribution is 2.29. The maximum atomic E-state index is 6.06. The number of hydrogen-bond donors (Lipinski definition) is 1. The van der Waals surface area contributed by atoms with Gasteiger partial charge in [0.1, 0.15) is 0 Å². The lowest BCUT2D eigenvalue weighted by Crippen LogP contribution is -2.23. The molecular weight excluding hydrogens is 357 g/mol. The largest absolute Gasteiger partial charge is 0.310 e. The van der Waals surface area contributed by atoms with Crippen LogP contribution in [0.1, 0.15) is 24.1 Å². The average Bonchev–Trinajstić information content (AvgIpc) is 2.38. The van der Waals surface area contributed by atoms with E-state index in [0.29, 0.717) is 0 Å². The Bertz CT molecular complexity index is 586. The molecule has 20 heavy (non-hydrogen) atoms. The fourth-order valence-electron chi connectivity index (χ4n) is 2.22. The fraction of sp³-hybridized carbons (Fsp3) is 0.250. The van der Waals surface area contributed by atoms with E-state index in [4.69, 9.17) is 23.2 Å². The molecule has 0 bridgehead atoms. The summed E-state index contributed by atoms with van der Waals surface area (Å²) in [6, 6.07) is 14.1. The van der Waals surface area contributed by atoms with Crippen molar-refractivity contribution in [3.63, 3.8) is 0 Å². The van der Waals surface area contributed by atoms with Crippen molar-refractivity contribution in [3.8, 4) is 0 Å². The summed E-state index contributed by atoms with van der Waals surface area (Å²) in [6.45, 7) is 3.01. The third-order valence-electron chi connectivity index (χ3n) is 3.12. The molecule has 1 N–H and O–H groups in total. The summed E-state index contributed by atoms with van der Waals surface area (Å²) >= 11 is 15.7. The third kappa shape index (κ3) is 4.23. The predicted octanol–water partition coefficient (Wildman–Crippen LogP) is 5.65. The molecular formula is C16H16BrCl2N. The van der Waals surface area contributed by atoms with Crippen LogP contribution in [-0.2, 0) is 6.42 Å². The topological polar surface area (TPSA) is 12.0 Å². The van der Waals surface area contributed by atoms with Crippen molar-refractivity contribution in [1.29, 1.82) is 0 Å². The van der Waals surface area contributed by atoms with Crippen LogP contribution in [0.5, 0.6) is 0 Å². The maximum Gasteiger partial charge on any atom is 0.0417 e. The summed E-state index contributed by atoms with van der Waals surface area (Å²) in [5, 5.41) is 5.02. The smallest absolute Gasteiger partial charge is 0.0417 e. The van der Waals surface area contributed by atoms with Crippen molar-refractivity contribution in [2.24, 2.45) is 0 Å². The minimum Gasteiger partial charge on any atom is -0.310 e. The fourth-order valence-corrected chi connectivity index (χ4v) is 3.39. The Labute approximate surface area is 138 Å². The van der Waals surface area contributed by atoms with Crippen LogP contribution in [0, 0.1) is 0 Å². The Morgan fingerprint density at radius 3 is 2.50 bits per heavy atom. The molecule has 0 amide bonds. The van der Waals surface area contributed by atoms with Crippen molar-refractivity contribution in [2.75, 3.05) is 6.54 Å². The average molecular weight is 373 g/mol. The zero-order valence-corrected chi connectivity index (χ0v) is 14.3. The SMILES string of the molecule is CCNC(Cc1cccc(Cl)c1)c1ccc(Cl)cc1Br. The van der Waals surface area contributed by atoms with Crippen LogP contribution >= 0.6 is 39.1 Å². The molecule has 1 atom stereocenters. The number of hydrogen-bond acceptors (Lipinski definition) is 1. The second kappa shape index (κ2) is 7.46. The van der Waals surface area contributed by atoms with E-state index in [1.807, 2.05) is 30.3 Å². The van der Waals surface area contributed by atoms with Crippen LogP contribution in [0.15, 0.2) is 46.9 Å². The molecule has 0 aromatic heterocycles. The molecule has 0 aliphatic heterocycles. The summed E-state index contributed by atoms with van der Waals surface area (Å²) in [7, 11) is 0. The van der Waals surface area contributed by atoms with Crippen molar-refractivity contribution < 1.29 is 0 Å². The van der Waals surface area contributed by atoms with Gasteiger partial charge in [0.05, 0.1) is 0 Å². The molecule has 1 nitrogen and oxygen atoms in total. The molecule has 1 unspecified atom stereocenters. The van der Waals surface area contributed by atoms with Gasteiger partial charge in [-0.25, -0.2) is 0 Å². The molecule has 2 aromatic carbocycles. The standard InChI is InChI=1S/C16H16BrCl2N/c1-2-20-16(9-11-4-3-5-12(18)8-11)14-7-6-13(19)10-15(14)17/h3-8,10,16,20H,2,9H2,1H3. The molecule has 0 spiro atoms. The third-order valence-corrected chi connectivity index (χ3v) is 4.27. The number of benzene rings is 2. The highest BCUT2D eigenvalue weighted by molar-refractivity contribution is 9.10. The van der Waals surface area contributed by atoms with E-state index in [-0.39, 0.29) is 6.04 Å². The van der Waals surface area contributed by atoms with E-state index in [2.05, 4.69) is 40.3 Å². The van der Waals surface area contributed by atoms with E-state index in [0.717, 1.165) is 27.5 Å². The van der Waals surface area contributed by atoms with Crippen molar-refractivity contribution in [3.05, 3.63) is 68.1 Å². The van der Waals surface area contributed by atoms with Gasteiger partial charge in [-0.3, -0.25) is 0 Å². The van der Waals surface area contributed by atoms with Gasteiger partial charge in [-0.15, -0.1) is 0 Å². The van der Waals surface area contributed by atoms with Gasteiger partial charge >= 0.3 is 0 Å². The quantitative estimate of drug-likeness (QED) is 0.714. The maximum absolute atomic E-state index is 6.06. The first-order valence-corrected chi connectivity index (χ1v) is 8.08. The number of nitrogens with one attached hydrogen (secondary N) is 1. The highest BCUT2D eigenvalue weighted by Gasteiger charge is 2.14. The van der Waals surface area contributed by atoms with E-state index in [1.165, 1.54) is 11.1 Å². The minimum atomic E-state index is 0.227. The molecule has 2 rings (SSSR count). The van der Waals surface area contributed by atoms with Crippen molar-refractivity contribution in [2.45, 2.75) is 19.4 Å². The zero-order valence-electron chi connectivity index (χ0n) is 11.2. The molecule has 2 aromatic rings. The summed E-state index contributed by atoms with van der Waals surface area (Å²) in [5.41, 5.74) is 2.42. The Morgan fingerprint density at radius 1 is 1.10 bits per heavy atom. The van der Waals surface area contributed by atoms with Gasteiger partial charge in [-0.1, -0.05) is 64.3 Å². The lowest BCUT2D eigenvalue weighted by Gasteiger charge is -2.20. The first kappa shape index (κ1) is 15.8. The van der Waals surface area contributed by atoms with Crippen LogP contribution in [0.2, 0.25) is 10.0 Å². The Hall–Kier alpha value is -0.540. The molecule has 0 aliphatic carbocycles. The van der Waals surface area contributed by atoms with E-state index < -0.39 is 0 Å². The number of likely N-dealkylation sites (N-methyl/N-ethyl adjacent to an activating group) is 1. The molecule has 0 heterocycles. The monoisotopic (exact) mass is 371 g/mol. The summed E-state index contributed by atoms with van der Waals surface area (Å²) < 4.78 is 1.03. The van der Waals surface area contributed by atoms with Crippen molar-refractivity contribution >= 4 is 39.1 Å². The van der Waals surface area contributed by atoms with Crippen molar-refractivity contribution in [1.82, 2.24) is 5.32 Å². The van der Waals surface area contributed by atoms with Gasteiger partial charge in [0.15, 0.2) is 0 Å². The summed E-state index contributed by atoms with van der Waals surface area (Å²) in [5.74, 6) is 0. The van der Waals surface area contributed by atoms with Crippen LogP contribution < -0.4 is 5.32 Å². The molecule has 0 radical (unpaired) electrons. The van der Waals surface area contributed by atoms with E-state index in [1.54, 1.807) is 0 Å². The number of halogens is 3. The van der Waals surface area contributed by atoms with E-state index >= 15 is 0 Å². The van der Waals surface area contributed by atoms with Crippen LogP contribution in [0.4, 0.5) is 0 Å². The second-order valence-electron chi connectivity index (χ2n) is 4.61. The minimum absolute atomic E-state index is 0.227. The van der Waals surface area contributed by atoms with Gasteiger partial charge in [-0.2, -0.15) is 0 Å². The predicted molar refractivity (Wildman–Crippen MR) is 90.7 cm³/mol. The lowest BCUT2D eigenvalue weighted by molar-refractivity contribution is 0.548. The lowest BCUT2D eigenvalue weighted by atomic mass is 9.99. The van der Waals surface area contributed by atoms with Crippen LogP contribution in [0.25, 0.3) is 0 Å². The van der Waals surface area contributed by atoms with Gasteiger partial charge < -0.3 is 5.32 Å². The Kier molecular flexibility index (Phi) is 5.91. The molecule has 106 valence electrons. The van der Waals surface area contributed by atoms with Crippen LogP contribution in [-0.4, -0.2) is 6.54 Å². The van der Waals surface area contributed by atoms with E-state index in [9.17, 15) is 0 Å². The first-order chi connectivity index (χ1) is 9.60. The molecule has 0 fully saturated rings. The summed E-state index contributed by atoms with van der Waals surface area (Å²) in [4.78, 5) is 0. The normalized spacial score (nSPS) is 12.4. The molecule has 0 saturated heterocycles. The summed E-state index contributed by atoms with van der Waals surface area (Å²) in [6.07, 6.45) is 0.884. The van der Waals surface area contributed by atoms with Gasteiger partial charge in [0.25, 0.3) is 0 Å². The van der Waals surface area contributed by atoms with Gasteiger partial charge in [-0.05, 0) is 48.4 Å². The van der Waals surface area contributed by atoms with Gasteiger partial charge in [0.2, 0.25) is 0 Å². The Morgan fingerprint density at radius 2 is 1.85 bits per heavy atom. The Balaban J connectivity index is 2.26. The molecule has 0 aliphatic rings. The molecule has 4 heteroatoms. The second-order valence-corrected chi connectivity index (χ2v) is 6.34. The zero-order chi connectivity index (χ0) is 14.5. The molecule has 0 saturated carbocycles.